The molecule has 312 valence electrons. The molecule has 10 N–H and O–H groups in total. The van der Waals surface area contributed by atoms with Crippen molar-refractivity contribution in [2.75, 3.05) is 10.6 Å². The van der Waals surface area contributed by atoms with Gasteiger partial charge in [-0.15, -0.1) is 20.5 Å². The van der Waals surface area contributed by atoms with Crippen LogP contribution in [0.4, 0.5) is 38.9 Å². The number of benzene rings is 6. The molecule has 0 saturated heterocycles. The molecular formula is C37H24N10O13S2. The number of H-pyrrole nitrogens is 4. The molecule has 0 unspecified atom stereocenters. The summed E-state index contributed by atoms with van der Waals surface area (Å²) in [4.78, 5) is 60.6. The van der Waals surface area contributed by atoms with Gasteiger partial charge in [0.2, 0.25) is 0 Å². The molecule has 6 aromatic carbocycles. The lowest BCUT2D eigenvalue weighted by atomic mass is 10.1. The van der Waals surface area contributed by atoms with E-state index in [4.69, 9.17) is 0 Å². The SMILES string of the molecule is O=C(Nc1ccc2c(O)c(N=Nc3cccc4c(=O)[nH][nH]c(=O)c34)c(S(=O)(=O)O)cc2c1)Nc1ccc2c(O)c(N=Nc3cccc4c(=O)[nH][nH]c(=O)c34)c(S(=O)(=O)O)cc2c1. The standard InChI is InChI=1S/C37H24N10O13S2/c48-31-19-9-7-17(11-15(19)13-25(61(55,56)57)29(31)42-40-23-5-1-3-21-27(23)35(52)46-44-33(21)50)38-37(54)39-18-8-10-20-16(12-18)14-26(62(58,59)60)30(32(20)49)43-41-24-6-2-4-22-28(24)36(53)47-45-34(22)51/h1-14,48-49H,(H,44,50)(H,45,51)(H,46,52)(H,47,53)(H2,38,39,54)(H,55,56,57)(H,58,59,60). The number of hydrogen-bond acceptors (Lipinski definition) is 15. The smallest absolute Gasteiger partial charge is 0.323 e. The number of aromatic hydroxyl groups is 2. The number of phenols is 2. The Morgan fingerprint density at radius 3 is 1.27 bits per heavy atom. The van der Waals surface area contributed by atoms with E-state index in [1.807, 2.05) is 0 Å². The van der Waals surface area contributed by atoms with E-state index in [9.17, 15) is 60.1 Å². The molecule has 0 fully saturated rings. The van der Waals surface area contributed by atoms with Crippen molar-refractivity contribution >= 4 is 103 Å². The molecule has 0 aliphatic carbocycles. The maximum atomic E-state index is 13.1. The summed E-state index contributed by atoms with van der Waals surface area (Å²) in [7, 11) is -10.2. The lowest BCUT2D eigenvalue weighted by Gasteiger charge is -2.13. The van der Waals surface area contributed by atoms with E-state index in [2.05, 4.69) is 51.5 Å². The third-order valence-corrected chi connectivity index (χ3v) is 11.0. The monoisotopic (exact) mass is 880 g/mol. The lowest BCUT2D eigenvalue weighted by molar-refractivity contribution is 0.262. The molecule has 0 spiro atoms. The van der Waals surface area contributed by atoms with Crippen LogP contribution in [0, 0.1) is 0 Å². The van der Waals surface area contributed by atoms with Gasteiger partial charge in [-0.05, 0) is 83.6 Å². The van der Waals surface area contributed by atoms with E-state index in [0.717, 1.165) is 12.1 Å². The highest BCUT2D eigenvalue weighted by Crippen LogP contribution is 2.44. The number of fused-ring (bicyclic) bond motifs is 4. The zero-order valence-corrected chi connectivity index (χ0v) is 32.3. The average molecular weight is 881 g/mol. The van der Waals surface area contributed by atoms with E-state index >= 15 is 0 Å². The van der Waals surface area contributed by atoms with Crippen LogP contribution in [0.25, 0.3) is 43.1 Å². The third kappa shape index (κ3) is 7.41. The topological polar surface area (TPSA) is 371 Å². The zero-order valence-electron chi connectivity index (χ0n) is 30.7. The Balaban J connectivity index is 1.08. The molecule has 0 aliphatic heterocycles. The Kier molecular flexibility index (Phi) is 9.78. The normalized spacial score (nSPS) is 12.3. The lowest BCUT2D eigenvalue weighted by Crippen LogP contribution is -2.19. The predicted molar refractivity (Wildman–Crippen MR) is 222 cm³/mol. The van der Waals surface area contributed by atoms with E-state index in [1.54, 1.807) is 0 Å². The van der Waals surface area contributed by atoms with Crippen LogP contribution in [-0.2, 0) is 20.2 Å². The van der Waals surface area contributed by atoms with Crippen LogP contribution < -0.4 is 32.9 Å². The van der Waals surface area contributed by atoms with Crippen molar-refractivity contribution in [3.63, 3.8) is 0 Å². The number of carbonyl (C=O) groups excluding carboxylic acids is 1. The highest BCUT2D eigenvalue weighted by Gasteiger charge is 2.24. The highest BCUT2D eigenvalue weighted by atomic mass is 32.2. The third-order valence-electron chi connectivity index (χ3n) is 9.30. The van der Waals surface area contributed by atoms with Crippen molar-refractivity contribution < 1.29 is 40.9 Å². The number of nitrogens with one attached hydrogen (secondary N) is 6. The number of anilines is 2. The summed E-state index contributed by atoms with van der Waals surface area (Å²) < 4.78 is 70.0. The van der Waals surface area contributed by atoms with Gasteiger partial charge in [-0.2, -0.15) is 16.8 Å². The second-order valence-electron chi connectivity index (χ2n) is 13.2. The molecule has 8 rings (SSSR count). The molecule has 2 amide bonds. The van der Waals surface area contributed by atoms with Gasteiger partial charge in [0, 0.05) is 22.1 Å². The van der Waals surface area contributed by atoms with Crippen molar-refractivity contribution in [1.82, 2.24) is 20.4 Å². The van der Waals surface area contributed by atoms with Gasteiger partial charge >= 0.3 is 6.03 Å². The summed E-state index contributed by atoms with van der Waals surface area (Å²) in [6, 6.07) is 16.8. The van der Waals surface area contributed by atoms with Crippen LogP contribution in [0.3, 0.4) is 0 Å². The van der Waals surface area contributed by atoms with Gasteiger partial charge in [0.25, 0.3) is 42.5 Å². The van der Waals surface area contributed by atoms with Crippen molar-refractivity contribution in [1.29, 1.82) is 0 Å². The van der Waals surface area contributed by atoms with Gasteiger partial charge in [-0.1, -0.05) is 12.1 Å². The second kappa shape index (κ2) is 15.0. The Bertz CT molecular complexity index is 3560. The summed E-state index contributed by atoms with van der Waals surface area (Å²) >= 11 is 0. The predicted octanol–water partition coefficient (Wildman–Crippen LogP) is 5.43. The summed E-state index contributed by atoms with van der Waals surface area (Å²) in [6.45, 7) is 0. The number of rotatable bonds is 8. The van der Waals surface area contributed by atoms with E-state index in [0.29, 0.717) is 0 Å². The maximum absolute atomic E-state index is 13.1. The van der Waals surface area contributed by atoms with Gasteiger partial charge in [0.1, 0.15) is 21.2 Å². The molecule has 0 atom stereocenters. The first kappa shape index (κ1) is 40.4. The van der Waals surface area contributed by atoms with Crippen LogP contribution in [0.5, 0.6) is 11.5 Å². The first-order valence-electron chi connectivity index (χ1n) is 17.3. The number of hydrogen-bond donors (Lipinski definition) is 10. The Labute approximate surface area is 342 Å². The summed E-state index contributed by atoms with van der Waals surface area (Å²) in [5.74, 6) is -1.51. The van der Waals surface area contributed by atoms with Crippen LogP contribution in [0.2, 0.25) is 0 Å². The number of urea groups is 1. The van der Waals surface area contributed by atoms with E-state index in [1.165, 1.54) is 72.8 Å². The Morgan fingerprint density at radius 2 is 0.887 bits per heavy atom. The van der Waals surface area contributed by atoms with Gasteiger partial charge < -0.3 is 20.8 Å². The van der Waals surface area contributed by atoms with Crippen molar-refractivity contribution in [3.05, 3.63) is 126 Å². The number of aromatic nitrogens is 4. The second-order valence-corrected chi connectivity index (χ2v) is 15.9. The number of azo groups is 2. The molecule has 0 aliphatic rings. The first-order valence-corrected chi connectivity index (χ1v) is 20.2. The Hall–Kier alpha value is -8.39. The largest absolute Gasteiger partial charge is 0.505 e. The minimum atomic E-state index is -5.09. The van der Waals surface area contributed by atoms with Crippen molar-refractivity contribution in [2.24, 2.45) is 20.5 Å². The minimum Gasteiger partial charge on any atom is -0.505 e. The quantitative estimate of drug-likeness (QED) is 0.0673. The van der Waals surface area contributed by atoms with Crippen LogP contribution in [-0.4, -0.2) is 62.6 Å². The number of aromatic amines is 4. The summed E-state index contributed by atoms with van der Waals surface area (Å²) in [5, 5.41) is 50.8. The molecular weight excluding hydrogens is 857 g/mol. The fraction of sp³-hybridized carbons (Fsp3) is 0. The van der Waals surface area contributed by atoms with Gasteiger partial charge in [0.05, 0.1) is 32.9 Å². The van der Waals surface area contributed by atoms with Crippen LogP contribution in [0.15, 0.2) is 134 Å². The van der Waals surface area contributed by atoms with Gasteiger partial charge in [-0.3, -0.25) is 48.7 Å². The molecule has 2 heterocycles. The van der Waals surface area contributed by atoms with E-state index in [-0.39, 0.29) is 65.8 Å². The highest BCUT2D eigenvalue weighted by molar-refractivity contribution is 7.86. The average Bonchev–Trinajstić information content (AvgIpc) is 3.21. The number of nitrogens with zero attached hydrogens (tertiary/aromatic N) is 4. The van der Waals surface area contributed by atoms with Gasteiger partial charge in [-0.25, -0.2) is 4.79 Å². The summed E-state index contributed by atoms with van der Waals surface area (Å²) in [5.41, 5.74) is -4.41. The van der Waals surface area contributed by atoms with Gasteiger partial charge in [0.15, 0.2) is 11.5 Å². The minimum absolute atomic E-state index is 0.00609. The molecule has 0 saturated carbocycles. The van der Waals surface area contributed by atoms with Crippen molar-refractivity contribution in [3.8, 4) is 11.5 Å². The molecule has 8 aromatic rings. The molecule has 25 heteroatoms. The van der Waals surface area contributed by atoms with E-state index < -0.39 is 81.2 Å². The summed E-state index contributed by atoms with van der Waals surface area (Å²) in [6.07, 6.45) is 0. The fourth-order valence-electron chi connectivity index (χ4n) is 6.54. The fourth-order valence-corrected chi connectivity index (χ4v) is 7.85. The number of phenolic OH excluding ortho intramolecular Hbond substituents is 2. The molecule has 2 aromatic heterocycles. The van der Waals surface area contributed by atoms with Crippen LogP contribution in [0.1, 0.15) is 0 Å². The number of amides is 2. The van der Waals surface area contributed by atoms with Crippen molar-refractivity contribution in [2.45, 2.75) is 9.79 Å². The molecule has 23 nitrogen and oxygen atoms in total. The number of carbonyl (C=O) groups is 1. The maximum Gasteiger partial charge on any atom is 0.323 e. The molecule has 62 heavy (non-hydrogen) atoms. The molecule has 0 radical (unpaired) electrons. The Morgan fingerprint density at radius 1 is 0.500 bits per heavy atom. The zero-order chi connectivity index (χ0) is 44.2. The van der Waals surface area contributed by atoms with Crippen LogP contribution >= 0.6 is 0 Å². The molecule has 0 bridgehead atoms. The first-order chi connectivity index (χ1) is 29.4.